The van der Waals surface area contributed by atoms with Gasteiger partial charge in [-0.25, -0.2) is 0 Å². The van der Waals surface area contributed by atoms with E-state index in [4.69, 9.17) is 0 Å². The molecule has 0 saturated heterocycles. The first kappa shape index (κ1) is 11.4. The lowest BCUT2D eigenvalue weighted by atomic mass is 9.73. The molecule has 0 heterocycles. The number of amides is 1. The summed E-state index contributed by atoms with van der Waals surface area (Å²) in [6.07, 6.45) is 6.84. The Morgan fingerprint density at radius 3 is 2.44 bits per heavy atom. The van der Waals surface area contributed by atoms with Gasteiger partial charge in [0, 0.05) is 6.04 Å². The van der Waals surface area contributed by atoms with Gasteiger partial charge in [0.1, 0.15) is 5.41 Å². The summed E-state index contributed by atoms with van der Waals surface area (Å²) in [5.41, 5.74) is -0.711. The molecule has 16 heavy (non-hydrogen) atoms. The van der Waals surface area contributed by atoms with Crippen LogP contribution < -0.4 is 5.32 Å². The molecule has 1 N–H and O–H groups in total. The highest BCUT2D eigenvalue weighted by molar-refractivity contribution is 5.85. The van der Waals surface area contributed by atoms with Gasteiger partial charge in [0.2, 0.25) is 5.91 Å². The first-order valence-electron chi connectivity index (χ1n) is 6.38. The van der Waals surface area contributed by atoms with Crippen LogP contribution in [0.2, 0.25) is 0 Å². The van der Waals surface area contributed by atoms with Crippen molar-refractivity contribution >= 4 is 5.91 Å². The predicted octanol–water partition coefficient (Wildman–Crippen LogP) is 2.38. The van der Waals surface area contributed by atoms with E-state index in [1.165, 1.54) is 0 Å². The minimum Gasteiger partial charge on any atom is -0.352 e. The summed E-state index contributed by atoms with van der Waals surface area (Å²) in [6.45, 7) is 2.20. The first-order valence-corrected chi connectivity index (χ1v) is 6.38. The number of hydrogen-bond donors (Lipinski definition) is 1. The molecule has 88 valence electrons. The van der Waals surface area contributed by atoms with Gasteiger partial charge in [-0.3, -0.25) is 4.79 Å². The molecule has 0 aliphatic heterocycles. The lowest BCUT2D eigenvalue weighted by Gasteiger charge is -2.37. The predicted molar refractivity (Wildman–Crippen MR) is 61.5 cm³/mol. The third-order valence-corrected chi connectivity index (χ3v) is 4.06. The second kappa shape index (κ2) is 4.45. The van der Waals surface area contributed by atoms with E-state index in [2.05, 4.69) is 18.3 Å². The van der Waals surface area contributed by atoms with E-state index in [1.54, 1.807) is 0 Å². The molecule has 0 aromatic rings. The molecule has 0 atom stereocenters. The van der Waals surface area contributed by atoms with Crippen molar-refractivity contribution < 1.29 is 4.79 Å². The highest BCUT2D eigenvalue weighted by Gasteiger charge is 2.41. The van der Waals surface area contributed by atoms with E-state index in [9.17, 15) is 10.1 Å². The van der Waals surface area contributed by atoms with Crippen molar-refractivity contribution in [3.63, 3.8) is 0 Å². The molecular weight excluding hydrogens is 200 g/mol. The highest BCUT2D eigenvalue weighted by Crippen LogP contribution is 2.37. The van der Waals surface area contributed by atoms with E-state index in [1.807, 2.05) is 0 Å². The molecule has 3 heteroatoms. The molecule has 0 spiro atoms. The van der Waals surface area contributed by atoms with Crippen molar-refractivity contribution in [3.8, 4) is 6.07 Å². The number of hydrogen-bond acceptors (Lipinski definition) is 2. The molecule has 1 amide bonds. The normalized spacial score (nSPS) is 32.2. The fourth-order valence-corrected chi connectivity index (χ4v) is 2.89. The SMILES string of the molecule is CC1CC(NC(=O)C2(C#N)CCCCC2)C1. The maximum absolute atomic E-state index is 12.1. The largest absolute Gasteiger partial charge is 0.352 e. The fourth-order valence-electron chi connectivity index (χ4n) is 2.89. The third kappa shape index (κ3) is 2.07. The molecule has 2 fully saturated rings. The van der Waals surface area contributed by atoms with Gasteiger partial charge in [-0.05, 0) is 31.6 Å². The number of nitrogens with zero attached hydrogens (tertiary/aromatic N) is 1. The first-order chi connectivity index (χ1) is 7.66. The number of rotatable bonds is 2. The van der Waals surface area contributed by atoms with Crippen LogP contribution >= 0.6 is 0 Å². The molecule has 0 bridgehead atoms. The van der Waals surface area contributed by atoms with Crippen molar-refractivity contribution in [2.24, 2.45) is 11.3 Å². The van der Waals surface area contributed by atoms with Crippen molar-refractivity contribution in [3.05, 3.63) is 0 Å². The highest BCUT2D eigenvalue weighted by atomic mass is 16.2. The number of nitrogens with one attached hydrogen (secondary N) is 1. The second-order valence-electron chi connectivity index (χ2n) is 5.50. The Hall–Kier alpha value is -1.04. The summed E-state index contributed by atoms with van der Waals surface area (Å²) >= 11 is 0. The Balaban J connectivity index is 1.93. The average molecular weight is 220 g/mol. The second-order valence-corrected chi connectivity index (χ2v) is 5.50. The van der Waals surface area contributed by atoms with Gasteiger partial charge in [-0.1, -0.05) is 26.2 Å². The van der Waals surface area contributed by atoms with Gasteiger partial charge in [0.15, 0.2) is 0 Å². The van der Waals surface area contributed by atoms with E-state index in [0.717, 1.165) is 50.9 Å². The zero-order chi connectivity index (χ0) is 11.6. The monoisotopic (exact) mass is 220 g/mol. The lowest BCUT2D eigenvalue weighted by molar-refractivity contribution is -0.131. The van der Waals surface area contributed by atoms with Crippen LogP contribution in [-0.4, -0.2) is 11.9 Å². The van der Waals surface area contributed by atoms with Gasteiger partial charge >= 0.3 is 0 Å². The summed E-state index contributed by atoms with van der Waals surface area (Å²) in [7, 11) is 0. The van der Waals surface area contributed by atoms with Gasteiger partial charge in [-0.2, -0.15) is 5.26 Å². The van der Waals surface area contributed by atoms with Crippen LogP contribution in [0.4, 0.5) is 0 Å². The Bertz CT molecular complexity index is 306. The molecule has 2 aliphatic rings. The Morgan fingerprint density at radius 2 is 1.94 bits per heavy atom. The molecule has 2 saturated carbocycles. The van der Waals surface area contributed by atoms with E-state index >= 15 is 0 Å². The summed E-state index contributed by atoms with van der Waals surface area (Å²) < 4.78 is 0. The molecule has 0 aromatic carbocycles. The average Bonchev–Trinajstić information content (AvgIpc) is 2.28. The number of carbonyl (C=O) groups excluding carboxylic acids is 1. The van der Waals surface area contributed by atoms with E-state index in [0.29, 0.717) is 6.04 Å². The molecule has 0 unspecified atom stereocenters. The summed E-state index contributed by atoms with van der Waals surface area (Å²) in [4.78, 5) is 12.1. The molecule has 2 rings (SSSR count). The van der Waals surface area contributed by atoms with Gasteiger partial charge < -0.3 is 5.32 Å². The molecule has 2 aliphatic carbocycles. The van der Waals surface area contributed by atoms with E-state index < -0.39 is 5.41 Å². The standard InChI is InChI=1S/C13H20N2O/c1-10-7-11(8-10)15-12(16)13(9-14)5-3-2-4-6-13/h10-11H,2-8H2,1H3,(H,15,16). The Kier molecular flexibility index (Phi) is 3.18. The molecule has 3 nitrogen and oxygen atoms in total. The van der Waals surface area contributed by atoms with Crippen LogP contribution in [0.15, 0.2) is 0 Å². The van der Waals surface area contributed by atoms with Crippen LogP contribution in [0.1, 0.15) is 51.9 Å². The molecule has 0 aromatic heterocycles. The van der Waals surface area contributed by atoms with Crippen molar-refractivity contribution in [2.75, 3.05) is 0 Å². The van der Waals surface area contributed by atoms with Crippen molar-refractivity contribution in [1.82, 2.24) is 5.32 Å². The topological polar surface area (TPSA) is 52.9 Å². The molecular formula is C13H20N2O. The summed E-state index contributed by atoms with van der Waals surface area (Å²) in [6, 6.07) is 2.60. The van der Waals surface area contributed by atoms with Crippen LogP contribution in [-0.2, 0) is 4.79 Å². The zero-order valence-electron chi connectivity index (χ0n) is 9.96. The fraction of sp³-hybridized carbons (Fsp3) is 0.846. The third-order valence-electron chi connectivity index (χ3n) is 4.06. The summed E-state index contributed by atoms with van der Waals surface area (Å²) in [5.74, 6) is 0.723. The number of nitriles is 1. The number of carbonyl (C=O) groups is 1. The Morgan fingerprint density at radius 1 is 1.31 bits per heavy atom. The van der Waals surface area contributed by atoms with E-state index in [-0.39, 0.29) is 5.91 Å². The van der Waals surface area contributed by atoms with Crippen LogP contribution in [0.25, 0.3) is 0 Å². The maximum Gasteiger partial charge on any atom is 0.240 e. The van der Waals surface area contributed by atoms with Gasteiger partial charge in [0.05, 0.1) is 6.07 Å². The van der Waals surface area contributed by atoms with Gasteiger partial charge in [-0.15, -0.1) is 0 Å². The lowest BCUT2D eigenvalue weighted by Crippen LogP contribution is -2.50. The summed E-state index contributed by atoms with van der Waals surface area (Å²) in [5, 5.41) is 12.3. The van der Waals surface area contributed by atoms with Crippen LogP contribution in [0.3, 0.4) is 0 Å². The molecule has 0 radical (unpaired) electrons. The van der Waals surface area contributed by atoms with Crippen LogP contribution in [0.5, 0.6) is 0 Å². The smallest absolute Gasteiger partial charge is 0.240 e. The zero-order valence-corrected chi connectivity index (χ0v) is 9.96. The van der Waals surface area contributed by atoms with Crippen molar-refractivity contribution in [1.29, 1.82) is 5.26 Å². The minimum absolute atomic E-state index is 0.00778. The quantitative estimate of drug-likeness (QED) is 0.776. The van der Waals surface area contributed by atoms with Crippen LogP contribution in [0, 0.1) is 22.7 Å². The maximum atomic E-state index is 12.1. The van der Waals surface area contributed by atoms with Gasteiger partial charge in [0.25, 0.3) is 0 Å². The van der Waals surface area contributed by atoms with Crippen molar-refractivity contribution in [2.45, 2.75) is 57.9 Å². The minimum atomic E-state index is -0.711. The Labute approximate surface area is 97.2 Å².